The predicted molar refractivity (Wildman–Crippen MR) is 69.2 cm³/mol. The van der Waals surface area contributed by atoms with E-state index in [0.29, 0.717) is 17.9 Å². The van der Waals surface area contributed by atoms with Gasteiger partial charge in [0.25, 0.3) is 0 Å². The molecule has 1 amide bonds. The summed E-state index contributed by atoms with van der Waals surface area (Å²) >= 11 is 1.58. The SMILES string of the molecule is CC(N)C(=O)NCCSCc1ccccc1F. The molecule has 17 heavy (non-hydrogen) atoms. The zero-order valence-corrected chi connectivity index (χ0v) is 10.6. The predicted octanol–water partition coefficient (Wildman–Crippen LogP) is 1.52. The first-order chi connectivity index (χ1) is 8.11. The van der Waals surface area contributed by atoms with Crippen molar-refractivity contribution in [3.63, 3.8) is 0 Å². The molecule has 0 radical (unpaired) electrons. The molecule has 5 heteroatoms. The first kappa shape index (κ1) is 14.0. The Balaban J connectivity index is 2.17. The molecule has 0 aliphatic carbocycles. The zero-order valence-electron chi connectivity index (χ0n) is 9.78. The first-order valence-corrected chi connectivity index (χ1v) is 6.61. The molecule has 0 bridgehead atoms. The van der Waals surface area contributed by atoms with Gasteiger partial charge in [-0.15, -0.1) is 0 Å². The van der Waals surface area contributed by atoms with Crippen LogP contribution in [0.25, 0.3) is 0 Å². The lowest BCUT2D eigenvalue weighted by atomic mass is 10.2. The van der Waals surface area contributed by atoms with Crippen LogP contribution in [-0.4, -0.2) is 24.2 Å². The summed E-state index contributed by atoms with van der Waals surface area (Å²) in [4.78, 5) is 11.1. The number of benzene rings is 1. The molecule has 0 aromatic heterocycles. The summed E-state index contributed by atoms with van der Waals surface area (Å²) in [7, 11) is 0. The van der Waals surface area contributed by atoms with Gasteiger partial charge in [-0.25, -0.2) is 4.39 Å². The van der Waals surface area contributed by atoms with Gasteiger partial charge in [0, 0.05) is 18.1 Å². The van der Waals surface area contributed by atoms with E-state index in [4.69, 9.17) is 5.73 Å². The Labute approximate surface area is 105 Å². The maximum atomic E-state index is 13.2. The van der Waals surface area contributed by atoms with E-state index in [0.717, 1.165) is 5.75 Å². The molecule has 0 aliphatic heterocycles. The van der Waals surface area contributed by atoms with Crippen LogP contribution in [0, 0.1) is 5.82 Å². The smallest absolute Gasteiger partial charge is 0.236 e. The summed E-state index contributed by atoms with van der Waals surface area (Å²) < 4.78 is 13.2. The summed E-state index contributed by atoms with van der Waals surface area (Å²) in [6.07, 6.45) is 0. The van der Waals surface area contributed by atoms with Crippen molar-refractivity contribution >= 4 is 17.7 Å². The first-order valence-electron chi connectivity index (χ1n) is 5.45. The van der Waals surface area contributed by atoms with Crippen LogP contribution in [0.5, 0.6) is 0 Å². The molecule has 0 aliphatic rings. The van der Waals surface area contributed by atoms with Gasteiger partial charge < -0.3 is 11.1 Å². The fraction of sp³-hybridized carbons (Fsp3) is 0.417. The normalized spacial score (nSPS) is 12.2. The van der Waals surface area contributed by atoms with Crippen LogP contribution >= 0.6 is 11.8 Å². The Morgan fingerprint density at radius 1 is 1.53 bits per heavy atom. The Kier molecular flexibility index (Phi) is 6.00. The third kappa shape index (κ3) is 5.19. The molecule has 1 rings (SSSR count). The molecule has 1 atom stereocenters. The third-order valence-electron chi connectivity index (χ3n) is 2.17. The summed E-state index contributed by atoms with van der Waals surface area (Å²) in [5.41, 5.74) is 6.08. The van der Waals surface area contributed by atoms with Crippen LogP contribution in [0.15, 0.2) is 24.3 Å². The lowest BCUT2D eigenvalue weighted by Gasteiger charge is -2.07. The maximum absolute atomic E-state index is 13.2. The fourth-order valence-electron chi connectivity index (χ4n) is 1.20. The van der Waals surface area contributed by atoms with Gasteiger partial charge in [-0.1, -0.05) is 18.2 Å². The Hall–Kier alpha value is -1.07. The largest absolute Gasteiger partial charge is 0.354 e. The number of carbonyl (C=O) groups excluding carboxylic acids is 1. The zero-order chi connectivity index (χ0) is 12.7. The van der Waals surface area contributed by atoms with Gasteiger partial charge in [0.2, 0.25) is 5.91 Å². The van der Waals surface area contributed by atoms with E-state index in [1.165, 1.54) is 6.07 Å². The van der Waals surface area contributed by atoms with E-state index >= 15 is 0 Å². The van der Waals surface area contributed by atoms with Gasteiger partial charge in [-0.2, -0.15) is 11.8 Å². The molecule has 0 saturated carbocycles. The molecule has 94 valence electrons. The minimum absolute atomic E-state index is 0.156. The highest BCUT2D eigenvalue weighted by Gasteiger charge is 2.05. The Bertz CT molecular complexity index is 371. The van der Waals surface area contributed by atoms with E-state index < -0.39 is 6.04 Å². The highest BCUT2D eigenvalue weighted by Crippen LogP contribution is 2.14. The second-order valence-electron chi connectivity index (χ2n) is 3.72. The van der Waals surface area contributed by atoms with Crippen molar-refractivity contribution in [1.82, 2.24) is 5.32 Å². The molecule has 3 N–H and O–H groups in total. The number of hydrogen-bond donors (Lipinski definition) is 2. The highest BCUT2D eigenvalue weighted by atomic mass is 32.2. The third-order valence-corrected chi connectivity index (χ3v) is 3.18. The van der Waals surface area contributed by atoms with Crippen molar-refractivity contribution in [3.05, 3.63) is 35.6 Å². The van der Waals surface area contributed by atoms with E-state index in [-0.39, 0.29) is 11.7 Å². The van der Waals surface area contributed by atoms with Crippen LogP contribution in [0.4, 0.5) is 4.39 Å². The monoisotopic (exact) mass is 256 g/mol. The number of carbonyl (C=O) groups is 1. The number of rotatable bonds is 6. The van der Waals surface area contributed by atoms with Crippen molar-refractivity contribution in [2.75, 3.05) is 12.3 Å². The van der Waals surface area contributed by atoms with E-state index in [9.17, 15) is 9.18 Å². The summed E-state index contributed by atoms with van der Waals surface area (Å²) in [6, 6.07) is 6.23. The summed E-state index contributed by atoms with van der Waals surface area (Å²) in [6.45, 7) is 2.20. The standard InChI is InChI=1S/C12H17FN2OS/c1-9(14)12(16)15-6-7-17-8-10-4-2-3-5-11(10)13/h2-5,9H,6-8,14H2,1H3,(H,15,16). The van der Waals surface area contributed by atoms with Crippen molar-refractivity contribution < 1.29 is 9.18 Å². The van der Waals surface area contributed by atoms with Crippen molar-refractivity contribution in [2.45, 2.75) is 18.7 Å². The molecule has 3 nitrogen and oxygen atoms in total. The van der Waals surface area contributed by atoms with Crippen LogP contribution in [0.3, 0.4) is 0 Å². The molecule has 1 aromatic rings. The number of thioether (sulfide) groups is 1. The van der Waals surface area contributed by atoms with E-state index in [2.05, 4.69) is 5.32 Å². The molecule has 1 unspecified atom stereocenters. The molecule has 0 spiro atoms. The molecule has 0 fully saturated rings. The molecular formula is C12H17FN2OS. The number of nitrogens with two attached hydrogens (primary N) is 1. The highest BCUT2D eigenvalue weighted by molar-refractivity contribution is 7.98. The van der Waals surface area contributed by atoms with Gasteiger partial charge in [0.15, 0.2) is 0 Å². The number of nitrogens with one attached hydrogen (secondary N) is 1. The molecular weight excluding hydrogens is 239 g/mol. The Morgan fingerprint density at radius 3 is 2.88 bits per heavy atom. The second kappa shape index (κ2) is 7.29. The average Bonchev–Trinajstić information content (AvgIpc) is 2.30. The lowest BCUT2D eigenvalue weighted by Crippen LogP contribution is -2.39. The van der Waals surface area contributed by atoms with Crippen molar-refractivity contribution in [2.24, 2.45) is 5.73 Å². The van der Waals surface area contributed by atoms with Crippen molar-refractivity contribution in [1.29, 1.82) is 0 Å². The number of halogens is 1. The van der Waals surface area contributed by atoms with Crippen LogP contribution in [0.1, 0.15) is 12.5 Å². The van der Waals surface area contributed by atoms with Crippen molar-refractivity contribution in [3.8, 4) is 0 Å². The summed E-state index contributed by atoms with van der Waals surface area (Å²) in [5, 5.41) is 2.70. The van der Waals surface area contributed by atoms with E-state index in [1.807, 2.05) is 6.07 Å². The number of hydrogen-bond acceptors (Lipinski definition) is 3. The minimum atomic E-state index is -0.480. The average molecular weight is 256 g/mol. The molecule has 1 aromatic carbocycles. The van der Waals surface area contributed by atoms with Crippen LogP contribution in [0.2, 0.25) is 0 Å². The van der Waals surface area contributed by atoms with Crippen LogP contribution < -0.4 is 11.1 Å². The van der Waals surface area contributed by atoms with Crippen LogP contribution in [-0.2, 0) is 10.5 Å². The number of amides is 1. The second-order valence-corrected chi connectivity index (χ2v) is 4.83. The van der Waals surface area contributed by atoms with E-state index in [1.54, 1.807) is 30.8 Å². The molecule has 0 heterocycles. The fourth-order valence-corrected chi connectivity index (χ4v) is 2.05. The van der Waals surface area contributed by atoms with Gasteiger partial charge in [0.1, 0.15) is 5.82 Å². The lowest BCUT2D eigenvalue weighted by molar-refractivity contribution is -0.121. The van der Waals surface area contributed by atoms with Gasteiger partial charge in [-0.3, -0.25) is 4.79 Å². The molecule has 0 saturated heterocycles. The minimum Gasteiger partial charge on any atom is -0.354 e. The Morgan fingerprint density at radius 2 is 2.24 bits per heavy atom. The maximum Gasteiger partial charge on any atom is 0.236 e. The summed E-state index contributed by atoms with van der Waals surface area (Å²) in [5.74, 6) is 1.02. The topological polar surface area (TPSA) is 55.1 Å². The van der Waals surface area contributed by atoms with Gasteiger partial charge >= 0.3 is 0 Å². The quantitative estimate of drug-likeness (QED) is 0.759. The van der Waals surface area contributed by atoms with Gasteiger partial charge in [0.05, 0.1) is 6.04 Å². The van der Waals surface area contributed by atoms with Gasteiger partial charge in [-0.05, 0) is 18.6 Å².